The number of carbonyl (C=O) groups excluding carboxylic acids is 3. The summed E-state index contributed by atoms with van der Waals surface area (Å²) in [6.07, 6.45) is 0. The van der Waals surface area contributed by atoms with Crippen LogP contribution in [0.1, 0.15) is 51.3 Å². The van der Waals surface area contributed by atoms with Crippen LogP contribution in [0.3, 0.4) is 0 Å². The van der Waals surface area contributed by atoms with Gasteiger partial charge in [-0.1, -0.05) is 19.1 Å². The summed E-state index contributed by atoms with van der Waals surface area (Å²) in [7, 11) is 0. The average Bonchev–Trinajstić information content (AvgIpc) is 2.89. The summed E-state index contributed by atoms with van der Waals surface area (Å²) in [6, 6.07) is 7.41. The molecule has 0 fully saturated rings. The van der Waals surface area contributed by atoms with E-state index in [2.05, 4.69) is 0 Å². The van der Waals surface area contributed by atoms with Crippen LogP contribution in [0.5, 0.6) is 11.5 Å². The topological polar surface area (TPSA) is 118 Å². The lowest BCUT2D eigenvalue weighted by Gasteiger charge is -2.39. The van der Waals surface area contributed by atoms with Gasteiger partial charge < -0.3 is 15.9 Å². The summed E-state index contributed by atoms with van der Waals surface area (Å²) >= 11 is 0. The Bertz CT molecular complexity index is 1140. The molecule has 0 amide bonds. The number of Topliss-reactive ketones (excluding diaryl/α,β-unsaturated/α-hetero) is 3. The molecule has 0 spiro atoms. The quantitative estimate of drug-likeness (QED) is 0.740. The average molecular weight is 377 g/mol. The van der Waals surface area contributed by atoms with Gasteiger partial charge >= 0.3 is 0 Å². The Balaban J connectivity index is 2.22. The highest BCUT2D eigenvalue weighted by atomic mass is 16.3. The van der Waals surface area contributed by atoms with Crippen LogP contribution in [0.4, 0.5) is 0 Å². The zero-order valence-corrected chi connectivity index (χ0v) is 15.7. The largest absolute Gasteiger partial charge is 0.508 e. The summed E-state index contributed by atoms with van der Waals surface area (Å²) in [4.78, 5) is 39.7. The number of hydrogen-bond donors (Lipinski definition) is 3. The molecule has 0 bridgehead atoms. The lowest BCUT2D eigenvalue weighted by Crippen LogP contribution is -2.50. The van der Waals surface area contributed by atoms with Crippen molar-refractivity contribution in [3.05, 3.63) is 63.7 Å². The third-order valence-corrected chi connectivity index (χ3v) is 5.97. The van der Waals surface area contributed by atoms with E-state index in [-0.39, 0.29) is 45.2 Å². The van der Waals surface area contributed by atoms with Gasteiger partial charge in [-0.2, -0.15) is 0 Å². The van der Waals surface area contributed by atoms with Gasteiger partial charge in [-0.3, -0.25) is 14.4 Å². The van der Waals surface area contributed by atoms with Gasteiger partial charge in [0.15, 0.2) is 11.6 Å². The van der Waals surface area contributed by atoms with Gasteiger partial charge in [-0.05, 0) is 37.6 Å². The van der Waals surface area contributed by atoms with Crippen LogP contribution in [0.25, 0.3) is 5.70 Å². The zero-order valence-electron chi connectivity index (χ0n) is 15.7. The van der Waals surface area contributed by atoms with Gasteiger partial charge in [0.05, 0.1) is 5.56 Å². The number of allylic oxidation sites excluding steroid dienone is 1. The molecular weight excluding hydrogens is 358 g/mol. The Morgan fingerprint density at radius 1 is 1.11 bits per heavy atom. The second-order valence-electron chi connectivity index (χ2n) is 7.49. The summed E-state index contributed by atoms with van der Waals surface area (Å²) in [5.41, 5.74) is 5.74. The van der Waals surface area contributed by atoms with E-state index in [4.69, 9.17) is 5.73 Å². The Morgan fingerprint density at radius 3 is 2.43 bits per heavy atom. The number of nitrogens with two attached hydrogens (primary N) is 1. The fraction of sp³-hybridized carbons (Fsp3) is 0.227. The van der Waals surface area contributed by atoms with Crippen LogP contribution in [-0.4, -0.2) is 27.6 Å². The minimum absolute atomic E-state index is 0.0162. The number of aryl methyl sites for hydroxylation is 1. The normalized spacial score (nSPS) is 21.2. The van der Waals surface area contributed by atoms with Crippen molar-refractivity contribution in [2.24, 2.45) is 11.7 Å². The highest BCUT2D eigenvalue weighted by molar-refractivity contribution is 6.33. The first-order chi connectivity index (χ1) is 13.1. The molecule has 142 valence electrons. The number of fused-ring (bicyclic) bond motifs is 4. The number of rotatable bonds is 2. The highest BCUT2D eigenvalue weighted by Crippen LogP contribution is 2.58. The van der Waals surface area contributed by atoms with E-state index < -0.39 is 22.9 Å². The van der Waals surface area contributed by atoms with Crippen molar-refractivity contribution in [2.45, 2.75) is 26.2 Å². The van der Waals surface area contributed by atoms with E-state index in [1.165, 1.54) is 31.2 Å². The third-order valence-electron chi connectivity index (χ3n) is 5.97. The molecule has 2 aromatic rings. The first-order valence-corrected chi connectivity index (χ1v) is 8.90. The van der Waals surface area contributed by atoms with Gasteiger partial charge in [0, 0.05) is 33.9 Å². The number of hydrogen-bond acceptors (Lipinski definition) is 6. The maximum Gasteiger partial charge on any atom is 0.196 e. The molecule has 2 aliphatic rings. The number of phenolic OH excluding ortho intramolecular Hbond substituents is 2. The van der Waals surface area contributed by atoms with Crippen molar-refractivity contribution >= 4 is 23.0 Å². The number of benzene rings is 2. The van der Waals surface area contributed by atoms with Crippen LogP contribution in [0.15, 0.2) is 35.9 Å². The van der Waals surface area contributed by atoms with Gasteiger partial charge in [0.25, 0.3) is 0 Å². The SMILES string of the molecule is CC(=O)[C@H](C)[C@@]12C(=O)c3cccc(O)c3C(=O)C1=C(N)c1cc(C)cc(O)c12. The predicted molar refractivity (Wildman–Crippen MR) is 102 cm³/mol. The van der Waals surface area contributed by atoms with Crippen LogP contribution in [0, 0.1) is 12.8 Å². The van der Waals surface area contributed by atoms with E-state index in [9.17, 15) is 24.6 Å². The van der Waals surface area contributed by atoms with Crippen molar-refractivity contribution in [3.8, 4) is 11.5 Å². The highest BCUT2D eigenvalue weighted by Gasteiger charge is 2.62. The number of phenols is 2. The summed E-state index contributed by atoms with van der Waals surface area (Å²) in [6.45, 7) is 4.65. The second kappa shape index (κ2) is 5.55. The Kier molecular flexibility index (Phi) is 3.56. The zero-order chi connectivity index (χ0) is 20.5. The predicted octanol–water partition coefficient (Wildman–Crippen LogP) is 2.63. The first kappa shape index (κ1) is 18.0. The van der Waals surface area contributed by atoms with Gasteiger partial charge in [-0.25, -0.2) is 0 Å². The molecule has 0 unspecified atom stereocenters. The van der Waals surface area contributed by atoms with Crippen molar-refractivity contribution in [1.82, 2.24) is 0 Å². The number of carbonyl (C=O) groups is 3. The fourth-order valence-electron chi connectivity index (χ4n) is 4.63. The molecular formula is C22H19NO5. The molecule has 2 atom stereocenters. The van der Waals surface area contributed by atoms with E-state index in [0.29, 0.717) is 11.1 Å². The van der Waals surface area contributed by atoms with Crippen molar-refractivity contribution in [1.29, 1.82) is 0 Å². The summed E-state index contributed by atoms with van der Waals surface area (Å²) in [5.74, 6) is -2.91. The second-order valence-corrected chi connectivity index (χ2v) is 7.49. The van der Waals surface area contributed by atoms with Crippen LogP contribution < -0.4 is 5.73 Å². The molecule has 0 aliphatic heterocycles. The molecule has 6 nitrogen and oxygen atoms in total. The molecule has 2 aliphatic carbocycles. The molecule has 0 aromatic heterocycles. The van der Waals surface area contributed by atoms with Gasteiger partial charge in [0.1, 0.15) is 22.7 Å². The Morgan fingerprint density at radius 2 is 1.79 bits per heavy atom. The fourth-order valence-corrected chi connectivity index (χ4v) is 4.63. The summed E-state index contributed by atoms with van der Waals surface area (Å²) in [5, 5.41) is 21.0. The van der Waals surface area contributed by atoms with E-state index in [0.717, 1.165) is 0 Å². The van der Waals surface area contributed by atoms with Crippen LogP contribution >= 0.6 is 0 Å². The molecule has 6 heteroatoms. The Hall–Kier alpha value is -3.41. The van der Waals surface area contributed by atoms with Crippen LogP contribution in [-0.2, 0) is 10.2 Å². The maximum absolute atomic E-state index is 13.8. The van der Waals surface area contributed by atoms with Gasteiger partial charge in [0.2, 0.25) is 0 Å². The monoisotopic (exact) mass is 377 g/mol. The van der Waals surface area contributed by atoms with Crippen molar-refractivity contribution in [3.63, 3.8) is 0 Å². The molecule has 0 heterocycles. The first-order valence-electron chi connectivity index (χ1n) is 8.90. The maximum atomic E-state index is 13.8. The lowest BCUT2D eigenvalue weighted by atomic mass is 9.58. The molecule has 0 saturated carbocycles. The summed E-state index contributed by atoms with van der Waals surface area (Å²) < 4.78 is 0. The molecule has 2 aromatic carbocycles. The van der Waals surface area contributed by atoms with E-state index in [1.807, 2.05) is 0 Å². The molecule has 4 N–H and O–H groups in total. The van der Waals surface area contributed by atoms with Crippen LogP contribution in [0.2, 0.25) is 0 Å². The molecule has 0 saturated heterocycles. The third kappa shape index (κ3) is 1.89. The smallest absolute Gasteiger partial charge is 0.196 e. The van der Waals surface area contributed by atoms with E-state index >= 15 is 0 Å². The van der Waals surface area contributed by atoms with E-state index in [1.54, 1.807) is 19.9 Å². The molecule has 4 rings (SSSR count). The minimum Gasteiger partial charge on any atom is -0.508 e. The Labute approximate surface area is 161 Å². The van der Waals surface area contributed by atoms with Crippen molar-refractivity contribution < 1.29 is 24.6 Å². The molecule has 0 radical (unpaired) electrons. The number of aromatic hydroxyl groups is 2. The minimum atomic E-state index is -1.72. The molecule has 28 heavy (non-hydrogen) atoms. The van der Waals surface area contributed by atoms with Crippen molar-refractivity contribution in [2.75, 3.05) is 0 Å². The lowest BCUT2D eigenvalue weighted by molar-refractivity contribution is -0.121. The van der Waals surface area contributed by atoms with Gasteiger partial charge in [-0.15, -0.1) is 0 Å². The number of ketones is 3. The standard InChI is InChI=1S/C22H19NO5/c1-9-7-13-17(15(26)8-9)22(10(2)11(3)24)18(19(13)23)20(27)16-12(21(22)28)5-4-6-14(16)25/h4-8,10,25-26H,23H2,1-3H3/t10-,22-/m0/s1.